The van der Waals surface area contributed by atoms with Crippen molar-refractivity contribution in [1.29, 1.82) is 0 Å². The van der Waals surface area contributed by atoms with Gasteiger partial charge in [-0.2, -0.15) is 0 Å². The molecule has 0 spiro atoms. The molecule has 2 aromatic rings. The van der Waals surface area contributed by atoms with Gasteiger partial charge in [-0.3, -0.25) is 0 Å². The van der Waals surface area contributed by atoms with Crippen molar-refractivity contribution in [3.05, 3.63) is 70.8 Å². The van der Waals surface area contributed by atoms with Crippen molar-refractivity contribution in [3.63, 3.8) is 0 Å². The molecule has 0 bridgehead atoms. The minimum atomic E-state index is -0.804. The van der Waals surface area contributed by atoms with Crippen LogP contribution in [0.15, 0.2) is 42.5 Å². The summed E-state index contributed by atoms with van der Waals surface area (Å²) in [5.41, 5.74) is 2.61. The van der Waals surface area contributed by atoms with E-state index in [4.69, 9.17) is 4.74 Å². The van der Waals surface area contributed by atoms with Crippen molar-refractivity contribution in [2.75, 3.05) is 13.7 Å². The highest BCUT2D eigenvalue weighted by molar-refractivity contribution is 9.09. The van der Waals surface area contributed by atoms with Crippen LogP contribution in [0.25, 0.3) is 0 Å². The van der Waals surface area contributed by atoms with Gasteiger partial charge in [0.15, 0.2) is 11.6 Å². The molecule has 0 aliphatic carbocycles. The second-order valence-corrected chi connectivity index (χ2v) is 5.97. The molecular weight excluding hydrogens is 338 g/mol. The SMILES string of the molecule is COCCc1ccc(C(Br)Cc2cccc(F)c2F)cc1. The van der Waals surface area contributed by atoms with E-state index in [0.717, 1.165) is 18.1 Å². The lowest BCUT2D eigenvalue weighted by molar-refractivity contribution is 0.202. The molecule has 0 saturated carbocycles. The van der Waals surface area contributed by atoms with Gasteiger partial charge >= 0.3 is 0 Å². The molecule has 0 N–H and O–H groups in total. The van der Waals surface area contributed by atoms with E-state index in [-0.39, 0.29) is 4.83 Å². The summed E-state index contributed by atoms with van der Waals surface area (Å²) in [6.45, 7) is 0.686. The number of halogens is 3. The Hall–Kier alpha value is -1.26. The molecule has 0 fully saturated rings. The maximum atomic E-state index is 13.7. The minimum absolute atomic E-state index is 0.0507. The number of alkyl halides is 1. The van der Waals surface area contributed by atoms with E-state index >= 15 is 0 Å². The molecule has 0 heterocycles. The van der Waals surface area contributed by atoms with Gasteiger partial charge in [-0.15, -0.1) is 0 Å². The van der Waals surface area contributed by atoms with Crippen LogP contribution in [0.2, 0.25) is 0 Å². The topological polar surface area (TPSA) is 9.23 Å². The number of methoxy groups -OCH3 is 1. The van der Waals surface area contributed by atoms with E-state index in [1.165, 1.54) is 11.6 Å². The Morgan fingerprint density at radius 1 is 1.10 bits per heavy atom. The van der Waals surface area contributed by atoms with Crippen LogP contribution in [0.5, 0.6) is 0 Å². The predicted molar refractivity (Wildman–Crippen MR) is 83.8 cm³/mol. The first-order valence-corrected chi connectivity index (χ1v) is 7.68. The van der Waals surface area contributed by atoms with E-state index in [1.54, 1.807) is 13.2 Å². The van der Waals surface area contributed by atoms with Crippen LogP contribution in [0.4, 0.5) is 8.78 Å². The van der Waals surface area contributed by atoms with Gasteiger partial charge in [-0.1, -0.05) is 52.3 Å². The van der Waals surface area contributed by atoms with E-state index in [2.05, 4.69) is 15.9 Å². The fraction of sp³-hybridized carbons (Fsp3) is 0.294. The van der Waals surface area contributed by atoms with Crippen LogP contribution in [0.3, 0.4) is 0 Å². The summed E-state index contributed by atoms with van der Waals surface area (Å²) in [4.78, 5) is -0.0507. The molecule has 0 aromatic heterocycles. The van der Waals surface area contributed by atoms with Crippen LogP contribution >= 0.6 is 15.9 Å². The molecule has 2 rings (SSSR count). The average Bonchev–Trinajstić information content (AvgIpc) is 2.50. The molecule has 1 nitrogen and oxygen atoms in total. The van der Waals surface area contributed by atoms with Gasteiger partial charge in [-0.25, -0.2) is 8.78 Å². The summed E-state index contributed by atoms with van der Waals surface area (Å²) in [6.07, 6.45) is 1.27. The molecule has 0 amide bonds. The highest BCUT2D eigenvalue weighted by Crippen LogP contribution is 2.28. The predicted octanol–water partition coefficient (Wildman–Crippen LogP) is 4.83. The Balaban J connectivity index is 2.06. The van der Waals surface area contributed by atoms with Crippen LogP contribution < -0.4 is 0 Å². The Morgan fingerprint density at radius 3 is 2.48 bits per heavy atom. The largest absolute Gasteiger partial charge is 0.384 e. The number of ether oxygens (including phenoxy) is 1. The molecule has 112 valence electrons. The fourth-order valence-corrected chi connectivity index (χ4v) is 2.78. The van der Waals surface area contributed by atoms with E-state index in [0.29, 0.717) is 18.6 Å². The molecule has 2 aromatic carbocycles. The van der Waals surface area contributed by atoms with Crippen LogP contribution in [0.1, 0.15) is 21.5 Å². The highest BCUT2D eigenvalue weighted by Gasteiger charge is 2.13. The first-order valence-electron chi connectivity index (χ1n) is 6.76. The monoisotopic (exact) mass is 354 g/mol. The third kappa shape index (κ3) is 4.35. The van der Waals surface area contributed by atoms with Crippen molar-refractivity contribution in [2.24, 2.45) is 0 Å². The summed E-state index contributed by atoms with van der Waals surface area (Å²) in [7, 11) is 1.68. The summed E-state index contributed by atoms with van der Waals surface area (Å²) in [5, 5.41) is 0. The number of rotatable bonds is 6. The lowest BCUT2D eigenvalue weighted by Gasteiger charge is -2.12. The number of hydrogen-bond acceptors (Lipinski definition) is 1. The van der Waals surface area contributed by atoms with Crippen molar-refractivity contribution < 1.29 is 13.5 Å². The summed E-state index contributed by atoms with van der Waals surface area (Å²) in [5.74, 6) is -1.57. The second kappa shape index (κ2) is 7.66. The maximum Gasteiger partial charge on any atom is 0.162 e. The van der Waals surface area contributed by atoms with Crippen molar-refractivity contribution in [1.82, 2.24) is 0 Å². The van der Waals surface area contributed by atoms with Crippen molar-refractivity contribution >= 4 is 15.9 Å². The van der Waals surface area contributed by atoms with Gasteiger partial charge < -0.3 is 4.74 Å². The van der Waals surface area contributed by atoms with Gasteiger partial charge in [0.25, 0.3) is 0 Å². The van der Waals surface area contributed by atoms with E-state index in [9.17, 15) is 8.78 Å². The van der Waals surface area contributed by atoms with Gasteiger partial charge in [-0.05, 0) is 35.6 Å². The van der Waals surface area contributed by atoms with Gasteiger partial charge in [0.1, 0.15) is 0 Å². The number of hydrogen-bond donors (Lipinski definition) is 0. The fourth-order valence-electron chi connectivity index (χ4n) is 2.13. The first kappa shape index (κ1) is 16.1. The molecule has 1 atom stereocenters. The lowest BCUT2D eigenvalue weighted by Crippen LogP contribution is -2.00. The minimum Gasteiger partial charge on any atom is -0.384 e. The lowest BCUT2D eigenvalue weighted by atomic mass is 10.0. The number of benzene rings is 2. The molecule has 4 heteroatoms. The molecule has 0 saturated heterocycles. The Kier molecular flexibility index (Phi) is 5.88. The maximum absolute atomic E-state index is 13.7. The van der Waals surface area contributed by atoms with Crippen LogP contribution in [-0.2, 0) is 17.6 Å². The molecule has 1 unspecified atom stereocenters. The summed E-state index contributed by atoms with van der Waals surface area (Å²) < 4.78 is 31.9. The van der Waals surface area contributed by atoms with E-state index < -0.39 is 11.6 Å². The Bertz CT molecular complexity index is 584. The van der Waals surface area contributed by atoms with Gasteiger partial charge in [0.2, 0.25) is 0 Å². The smallest absolute Gasteiger partial charge is 0.162 e. The average molecular weight is 355 g/mol. The third-order valence-corrected chi connectivity index (χ3v) is 4.22. The zero-order valence-corrected chi connectivity index (χ0v) is 13.4. The van der Waals surface area contributed by atoms with Crippen molar-refractivity contribution in [3.8, 4) is 0 Å². The van der Waals surface area contributed by atoms with Crippen LogP contribution in [-0.4, -0.2) is 13.7 Å². The normalized spacial score (nSPS) is 12.4. The third-order valence-electron chi connectivity index (χ3n) is 3.37. The van der Waals surface area contributed by atoms with Crippen molar-refractivity contribution in [2.45, 2.75) is 17.7 Å². The summed E-state index contributed by atoms with van der Waals surface area (Å²) >= 11 is 3.54. The van der Waals surface area contributed by atoms with Gasteiger partial charge in [0, 0.05) is 11.9 Å². The first-order chi connectivity index (χ1) is 10.1. The quantitative estimate of drug-likeness (QED) is 0.675. The molecule has 0 aliphatic rings. The Morgan fingerprint density at radius 2 is 1.81 bits per heavy atom. The molecule has 0 radical (unpaired) electrons. The Labute approximate surface area is 132 Å². The molecular formula is C17H17BrF2O. The highest BCUT2D eigenvalue weighted by atomic mass is 79.9. The zero-order valence-electron chi connectivity index (χ0n) is 11.8. The van der Waals surface area contributed by atoms with Crippen LogP contribution in [0, 0.1) is 11.6 Å². The van der Waals surface area contributed by atoms with Gasteiger partial charge in [0.05, 0.1) is 6.61 Å². The molecule has 0 aliphatic heterocycles. The molecule has 21 heavy (non-hydrogen) atoms. The standard InChI is InChI=1S/C17H17BrF2O/c1-21-10-9-12-5-7-13(8-6-12)15(18)11-14-3-2-4-16(19)17(14)20/h2-8,15H,9-11H2,1H3. The summed E-state index contributed by atoms with van der Waals surface area (Å²) in [6, 6.07) is 12.3. The second-order valence-electron chi connectivity index (χ2n) is 4.87. The van der Waals surface area contributed by atoms with E-state index in [1.807, 2.05) is 24.3 Å². The zero-order chi connectivity index (χ0) is 15.2.